The van der Waals surface area contributed by atoms with Gasteiger partial charge in [0, 0.05) is 22.1 Å². The number of rotatable bonds is 4. The zero-order valence-electron chi connectivity index (χ0n) is 12.8. The first-order valence-electron chi connectivity index (χ1n) is 7.56. The first kappa shape index (κ1) is 16.0. The van der Waals surface area contributed by atoms with E-state index >= 15 is 0 Å². The summed E-state index contributed by atoms with van der Waals surface area (Å²) in [5.74, 6) is -0.235. The molecule has 0 radical (unpaired) electrons. The molecule has 1 fully saturated rings. The number of halogens is 2. The Balaban J connectivity index is 1.58. The van der Waals surface area contributed by atoms with Gasteiger partial charge >= 0.3 is 6.03 Å². The molecular formula is C18H18BrFN2O. The summed E-state index contributed by atoms with van der Waals surface area (Å²) in [6.07, 6.45) is 2.02. The Morgan fingerprint density at radius 1 is 1.22 bits per heavy atom. The molecule has 1 aliphatic rings. The molecule has 0 aliphatic heterocycles. The normalized spacial score (nSPS) is 15.1. The van der Waals surface area contributed by atoms with E-state index < -0.39 is 0 Å². The van der Waals surface area contributed by atoms with Gasteiger partial charge < -0.3 is 10.6 Å². The maximum Gasteiger partial charge on any atom is 0.319 e. The van der Waals surface area contributed by atoms with E-state index in [1.807, 2.05) is 25.1 Å². The fourth-order valence-corrected chi connectivity index (χ4v) is 2.92. The highest BCUT2D eigenvalue weighted by Crippen LogP contribution is 2.47. The summed E-state index contributed by atoms with van der Waals surface area (Å²) in [5.41, 5.74) is 2.86. The summed E-state index contributed by atoms with van der Waals surface area (Å²) >= 11 is 3.44. The predicted molar refractivity (Wildman–Crippen MR) is 93.2 cm³/mol. The van der Waals surface area contributed by atoms with Crippen molar-refractivity contribution in [1.82, 2.24) is 5.32 Å². The molecule has 1 aliphatic carbocycles. The van der Waals surface area contributed by atoms with Crippen LogP contribution in [0.1, 0.15) is 24.0 Å². The molecule has 23 heavy (non-hydrogen) atoms. The van der Waals surface area contributed by atoms with Crippen molar-refractivity contribution in [2.75, 3.05) is 11.9 Å². The van der Waals surface area contributed by atoms with E-state index in [4.69, 9.17) is 0 Å². The van der Waals surface area contributed by atoms with Crippen molar-refractivity contribution in [3.63, 3.8) is 0 Å². The van der Waals surface area contributed by atoms with Gasteiger partial charge in [-0.2, -0.15) is 0 Å². The minimum Gasteiger partial charge on any atom is -0.337 e. The fourth-order valence-electron chi connectivity index (χ4n) is 2.67. The number of benzene rings is 2. The molecule has 0 heterocycles. The Labute approximate surface area is 143 Å². The van der Waals surface area contributed by atoms with Gasteiger partial charge in [0.05, 0.1) is 0 Å². The number of aryl methyl sites for hydroxylation is 1. The summed E-state index contributed by atoms with van der Waals surface area (Å²) in [5, 5.41) is 5.77. The van der Waals surface area contributed by atoms with Crippen molar-refractivity contribution < 1.29 is 9.18 Å². The molecule has 0 saturated heterocycles. The molecule has 2 amide bonds. The van der Waals surface area contributed by atoms with E-state index in [2.05, 4.69) is 26.6 Å². The topological polar surface area (TPSA) is 41.1 Å². The zero-order chi connectivity index (χ0) is 16.4. The van der Waals surface area contributed by atoms with Crippen LogP contribution in [0.3, 0.4) is 0 Å². The second-order valence-electron chi connectivity index (χ2n) is 6.06. The third-order valence-electron chi connectivity index (χ3n) is 4.31. The molecule has 1 saturated carbocycles. The Bertz CT molecular complexity index is 726. The van der Waals surface area contributed by atoms with Crippen molar-refractivity contribution in [2.24, 2.45) is 0 Å². The standard InChI is InChI=1S/C18H18BrFN2O/c1-12-10-15(6-7-16(12)19)22-17(23)21-11-18(8-9-18)13-2-4-14(20)5-3-13/h2-7,10H,8-9,11H2,1H3,(H2,21,22,23). The molecule has 0 atom stereocenters. The summed E-state index contributed by atoms with van der Waals surface area (Å²) in [6, 6.07) is 12.0. The summed E-state index contributed by atoms with van der Waals surface area (Å²) in [7, 11) is 0. The first-order chi connectivity index (χ1) is 11.0. The highest BCUT2D eigenvalue weighted by molar-refractivity contribution is 9.10. The number of nitrogens with one attached hydrogen (secondary N) is 2. The van der Waals surface area contributed by atoms with E-state index in [1.165, 1.54) is 12.1 Å². The number of hydrogen-bond donors (Lipinski definition) is 2. The van der Waals surface area contributed by atoms with Gasteiger partial charge in [0.1, 0.15) is 5.82 Å². The minimum absolute atomic E-state index is 0.0410. The zero-order valence-corrected chi connectivity index (χ0v) is 14.4. The molecule has 0 spiro atoms. The molecule has 0 unspecified atom stereocenters. The molecule has 3 nitrogen and oxygen atoms in total. The lowest BCUT2D eigenvalue weighted by molar-refractivity contribution is 0.251. The molecule has 2 N–H and O–H groups in total. The van der Waals surface area contributed by atoms with Crippen LogP contribution < -0.4 is 10.6 Å². The van der Waals surface area contributed by atoms with Crippen LogP contribution in [0.15, 0.2) is 46.9 Å². The van der Waals surface area contributed by atoms with Crippen molar-refractivity contribution in [1.29, 1.82) is 0 Å². The van der Waals surface area contributed by atoms with Crippen LogP contribution in [-0.4, -0.2) is 12.6 Å². The lowest BCUT2D eigenvalue weighted by atomic mass is 9.96. The number of carbonyl (C=O) groups is 1. The third-order valence-corrected chi connectivity index (χ3v) is 5.20. The molecule has 2 aromatic rings. The minimum atomic E-state index is -0.235. The van der Waals surface area contributed by atoms with Gasteiger partial charge in [-0.05, 0) is 61.2 Å². The first-order valence-corrected chi connectivity index (χ1v) is 8.35. The quantitative estimate of drug-likeness (QED) is 0.793. The van der Waals surface area contributed by atoms with Crippen LogP contribution in [0, 0.1) is 12.7 Å². The molecule has 3 rings (SSSR count). The number of amides is 2. The third kappa shape index (κ3) is 3.72. The van der Waals surface area contributed by atoms with Gasteiger partial charge in [-0.1, -0.05) is 28.1 Å². The number of carbonyl (C=O) groups excluding carboxylic acids is 1. The van der Waals surface area contributed by atoms with Gasteiger partial charge in [0.25, 0.3) is 0 Å². The smallest absolute Gasteiger partial charge is 0.319 e. The Morgan fingerprint density at radius 3 is 2.52 bits per heavy atom. The Kier molecular flexibility index (Phi) is 4.39. The van der Waals surface area contributed by atoms with Crippen LogP contribution in [-0.2, 0) is 5.41 Å². The summed E-state index contributed by atoms with van der Waals surface area (Å²) < 4.78 is 14.0. The number of hydrogen-bond acceptors (Lipinski definition) is 1. The molecular weight excluding hydrogens is 359 g/mol. The van der Waals surface area contributed by atoms with Crippen LogP contribution in [0.4, 0.5) is 14.9 Å². The number of urea groups is 1. The number of anilines is 1. The van der Waals surface area contributed by atoms with Gasteiger partial charge in [-0.3, -0.25) is 0 Å². The second kappa shape index (κ2) is 6.32. The lowest BCUT2D eigenvalue weighted by Crippen LogP contribution is -2.35. The fraction of sp³-hybridized carbons (Fsp3) is 0.278. The van der Waals surface area contributed by atoms with E-state index in [1.54, 1.807) is 12.1 Å². The van der Waals surface area contributed by atoms with Crippen molar-refractivity contribution in [3.8, 4) is 0 Å². The highest BCUT2D eigenvalue weighted by atomic mass is 79.9. The average molecular weight is 377 g/mol. The SMILES string of the molecule is Cc1cc(NC(=O)NCC2(c3ccc(F)cc3)CC2)ccc1Br. The van der Waals surface area contributed by atoms with Crippen LogP contribution in [0.2, 0.25) is 0 Å². The summed E-state index contributed by atoms with van der Waals surface area (Å²) in [4.78, 5) is 12.1. The maximum absolute atomic E-state index is 13.0. The van der Waals surface area contributed by atoms with Gasteiger partial charge in [0.2, 0.25) is 0 Å². The van der Waals surface area contributed by atoms with E-state index in [-0.39, 0.29) is 17.3 Å². The van der Waals surface area contributed by atoms with Crippen LogP contribution >= 0.6 is 15.9 Å². The molecule has 5 heteroatoms. The largest absolute Gasteiger partial charge is 0.337 e. The summed E-state index contributed by atoms with van der Waals surface area (Å²) in [6.45, 7) is 2.53. The van der Waals surface area contributed by atoms with Crippen molar-refractivity contribution in [2.45, 2.75) is 25.2 Å². The monoisotopic (exact) mass is 376 g/mol. The molecule has 0 bridgehead atoms. The Hall–Kier alpha value is -1.88. The Morgan fingerprint density at radius 2 is 1.91 bits per heavy atom. The maximum atomic E-state index is 13.0. The molecule has 120 valence electrons. The lowest BCUT2D eigenvalue weighted by Gasteiger charge is -2.17. The second-order valence-corrected chi connectivity index (χ2v) is 6.91. The molecule has 0 aromatic heterocycles. The van der Waals surface area contributed by atoms with Crippen LogP contribution in [0.25, 0.3) is 0 Å². The van der Waals surface area contributed by atoms with E-state index in [0.29, 0.717) is 6.54 Å². The van der Waals surface area contributed by atoms with Crippen molar-refractivity contribution >= 4 is 27.6 Å². The predicted octanol–water partition coefficient (Wildman–Crippen LogP) is 4.75. The van der Waals surface area contributed by atoms with Crippen molar-refractivity contribution in [3.05, 3.63) is 63.9 Å². The highest BCUT2D eigenvalue weighted by Gasteiger charge is 2.44. The van der Waals surface area contributed by atoms with Gasteiger partial charge in [-0.25, -0.2) is 9.18 Å². The van der Waals surface area contributed by atoms with Crippen LogP contribution in [0.5, 0.6) is 0 Å². The van der Waals surface area contributed by atoms with Gasteiger partial charge in [0.15, 0.2) is 0 Å². The van der Waals surface area contributed by atoms with E-state index in [0.717, 1.165) is 34.1 Å². The van der Waals surface area contributed by atoms with Gasteiger partial charge in [-0.15, -0.1) is 0 Å². The average Bonchev–Trinajstić information content (AvgIpc) is 3.31. The molecule has 2 aromatic carbocycles. The van der Waals surface area contributed by atoms with E-state index in [9.17, 15) is 9.18 Å².